The molecule has 24 heavy (non-hydrogen) atoms. The van der Waals surface area contributed by atoms with Gasteiger partial charge < -0.3 is 25.8 Å². The van der Waals surface area contributed by atoms with E-state index in [-0.39, 0.29) is 18.4 Å². The lowest BCUT2D eigenvalue weighted by Crippen LogP contribution is -2.25. The second-order valence-electron chi connectivity index (χ2n) is 4.69. The van der Waals surface area contributed by atoms with Gasteiger partial charge in [-0.05, 0) is 24.3 Å². The van der Waals surface area contributed by atoms with Crippen LogP contribution in [0.25, 0.3) is 0 Å². The molecule has 1 aromatic heterocycles. The Kier molecular flexibility index (Phi) is 5.95. The molecule has 1 heterocycles. The maximum atomic E-state index is 11.8. The predicted molar refractivity (Wildman–Crippen MR) is 92.5 cm³/mol. The van der Waals surface area contributed by atoms with E-state index in [4.69, 9.17) is 15.2 Å². The average Bonchev–Trinajstić information content (AvgIpc) is 2.60. The van der Waals surface area contributed by atoms with Gasteiger partial charge in [0.15, 0.2) is 17.5 Å². The van der Waals surface area contributed by atoms with Gasteiger partial charge in [0, 0.05) is 18.0 Å². The maximum absolute atomic E-state index is 11.8. The van der Waals surface area contributed by atoms with Crippen LogP contribution in [-0.4, -0.2) is 37.6 Å². The van der Waals surface area contributed by atoms with Gasteiger partial charge in [-0.2, -0.15) is 0 Å². The average molecular weight is 329 g/mol. The summed E-state index contributed by atoms with van der Waals surface area (Å²) < 4.78 is 10.4. The molecule has 126 valence electrons. The molecule has 0 spiro atoms. The summed E-state index contributed by atoms with van der Waals surface area (Å²) in [5.41, 5.74) is 7.05. The van der Waals surface area contributed by atoms with Crippen molar-refractivity contribution in [3.63, 3.8) is 0 Å². The van der Waals surface area contributed by atoms with E-state index in [1.165, 1.54) is 0 Å². The summed E-state index contributed by atoms with van der Waals surface area (Å²) >= 11 is 0. The molecule has 8 nitrogen and oxygen atoms in total. The van der Waals surface area contributed by atoms with Crippen molar-refractivity contribution in [3.8, 4) is 11.5 Å². The number of carbonyl (C=O) groups is 1. The van der Waals surface area contributed by atoms with Crippen molar-refractivity contribution in [1.82, 2.24) is 4.98 Å². The van der Waals surface area contributed by atoms with E-state index in [0.717, 1.165) is 0 Å². The Balaban J connectivity index is 1.93. The number of carbonyl (C=O) groups excluding carboxylic acids is 1. The summed E-state index contributed by atoms with van der Waals surface area (Å²) in [5, 5.41) is 5.55. The zero-order chi connectivity index (χ0) is 17.4. The van der Waals surface area contributed by atoms with E-state index in [1.54, 1.807) is 56.9 Å². The Morgan fingerprint density at radius 2 is 1.96 bits per heavy atom. The van der Waals surface area contributed by atoms with Crippen LogP contribution in [0.2, 0.25) is 0 Å². The van der Waals surface area contributed by atoms with Crippen molar-refractivity contribution < 1.29 is 14.3 Å². The summed E-state index contributed by atoms with van der Waals surface area (Å²) in [5.74, 6) is 0.989. The van der Waals surface area contributed by atoms with Crippen molar-refractivity contribution in [1.29, 1.82) is 0 Å². The van der Waals surface area contributed by atoms with Gasteiger partial charge in [0.1, 0.15) is 6.54 Å². The minimum absolute atomic E-state index is 0.110. The van der Waals surface area contributed by atoms with E-state index in [0.29, 0.717) is 22.9 Å². The summed E-state index contributed by atoms with van der Waals surface area (Å²) in [7, 11) is 3.10. The first-order valence-electron chi connectivity index (χ1n) is 7.11. The van der Waals surface area contributed by atoms with Crippen molar-refractivity contribution >= 4 is 23.2 Å². The molecule has 0 saturated heterocycles. The largest absolute Gasteiger partial charge is 0.493 e. The third-order valence-corrected chi connectivity index (χ3v) is 2.99. The van der Waals surface area contributed by atoms with Gasteiger partial charge in [-0.25, -0.2) is 4.99 Å². The molecule has 2 aromatic rings. The third-order valence-electron chi connectivity index (χ3n) is 2.99. The molecule has 8 heteroatoms. The number of anilines is 2. The number of nitrogens with zero attached hydrogens (tertiary/aromatic N) is 2. The molecule has 0 aliphatic rings. The Morgan fingerprint density at radius 1 is 1.17 bits per heavy atom. The van der Waals surface area contributed by atoms with Crippen LogP contribution in [0.5, 0.6) is 11.5 Å². The van der Waals surface area contributed by atoms with Crippen LogP contribution in [0, 0.1) is 0 Å². The maximum Gasteiger partial charge on any atom is 0.246 e. The summed E-state index contributed by atoms with van der Waals surface area (Å²) in [6.07, 6.45) is 3.17. The van der Waals surface area contributed by atoms with E-state index in [2.05, 4.69) is 20.6 Å². The number of hydrogen-bond donors (Lipinski definition) is 3. The van der Waals surface area contributed by atoms with Crippen LogP contribution in [0.3, 0.4) is 0 Å². The fourth-order valence-corrected chi connectivity index (χ4v) is 1.90. The van der Waals surface area contributed by atoms with Gasteiger partial charge in [-0.3, -0.25) is 9.78 Å². The Labute approximate surface area is 139 Å². The van der Waals surface area contributed by atoms with E-state index < -0.39 is 0 Å². The van der Waals surface area contributed by atoms with Crippen molar-refractivity contribution in [2.75, 3.05) is 31.4 Å². The molecule has 1 amide bonds. The zero-order valence-corrected chi connectivity index (χ0v) is 13.4. The molecule has 0 radical (unpaired) electrons. The van der Waals surface area contributed by atoms with Crippen molar-refractivity contribution in [3.05, 3.63) is 42.7 Å². The number of aliphatic imine (C=N–C) groups is 1. The Bertz CT molecular complexity index is 719. The third kappa shape index (κ3) is 4.87. The highest BCUT2D eigenvalue weighted by molar-refractivity contribution is 5.97. The van der Waals surface area contributed by atoms with Gasteiger partial charge in [0.25, 0.3) is 0 Å². The SMILES string of the molecule is COc1ccc(NC(N)=NCC(=O)Nc2cccnc2)cc1OC. The normalized spacial score (nSPS) is 10.8. The lowest BCUT2D eigenvalue weighted by Gasteiger charge is -2.11. The second kappa shape index (κ2) is 8.37. The van der Waals surface area contributed by atoms with Gasteiger partial charge in [0.2, 0.25) is 5.91 Å². The summed E-state index contributed by atoms with van der Waals surface area (Å²) in [4.78, 5) is 19.7. The minimum Gasteiger partial charge on any atom is -0.493 e. The number of nitrogens with two attached hydrogens (primary N) is 1. The lowest BCUT2D eigenvalue weighted by molar-refractivity contribution is -0.114. The second-order valence-corrected chi connectivity index (χ2v) is 4.69. The molecule has 0 aliphatic carbocycles. The molecule has 0 atom stereocenters. The van der Waals surface area contributed by atoms with E-state index in [1.807, 2.05) is 0 Å². The lowest BCUT2D eigenvalue weighted by atomic mass is 10.3. The summed E-state index contributed by atoms with van der Waals surface area (Å²) in [6.45, 7) is -0.110. The molecule has 4 N–H and O–H groups in total. The molecular formula is C16H19N5O3. The number of nitrogens with one attached hydrogen (secondary N) is 2. The molecule has 0 aliphatic heterocycles. The zero-order valence-electron chi connectivity index (χ0n) is 13.4. The number of guanidine groups is 1. The van der Waals surface area contributed by atoms with Crippen LogP contribution < -0.4 is 25.8 Å². The molecule has 0 bridgehead atoms. The quantitative estimate of drug-likeness (QED) is 0.546. The predicted octanol–water partition coefficient (Wildman–Crippen LogP) is 1.46. The highest BCUT2D eigenvalue weighted by Crippen LogP contribution is 2.29. The molecule has 1 aromatic carbocycles. The summed E-state index contributed by atoms with van der Waals surface area (Å²) in [6, 6.07) is 8.69. The van der Waals surface area contributed by atoms with Gasteiger partial charge in [-0.1, -0.05) is 0 Å². The molecule has 2 rings (SSSR count). The van der Waals surface area contributed by atoms with Crippen LogP contribution in [-0.2, 0) is 4.79 Å². The van der Waals surface area contributed by atoms with Crippen LogP contribution in [0.4, 0.5) is 11.4 Å². The van der Waals surface area contributed by atoms with Gasteiger partial charge in [-0.15, -0.1) is 0 Å². The van der Waals surface area contributed by atoms with Gasteiger partial charge in [0.05, 0.1) is 26.1 Å². The number of amides is 1. The minimum atomic E-state index is -0.292. The highest BCUT2D eigenvalue weighted by atomic mass is 16.5. The number of hydrogen-bond acceptors (Lipinski definition) is 5. The Hall–Kier alpha value is -3.29. The number of ether oxygens (including phenoxy) is 2. The first-order chi connectivity index (χ1) is 11.6. The van der Waals surface area contributed by atoms with Crippen LogP contribution >= 0.6 is 0 Å². The molecule has 0 saturated carbocycles. The van der Waals surface area contributed by atoms with Gasteiger partial charge >= 0.3 is 0 Å². The Morgan fingerprint density at radius 3 is 2.62 bits per heavy atom. The van der Waals surface area contributed by atoms with Crippen molar-refractivity contribution in [2.45, 2.75) is 0 Å². The smallest absolute Gasteiger partial charge is 0.246 e. The number of methoxy groups -OCH3 is 2. The first kappa shape index (κ1) is 17.1. The fourth-order valence-electron chi connectivity index (χ4n) is 1.90. The highest BCUT2D eigenvalue weighted by Gasteiger charge is 2.06. The fraction of sp³-hybridized carbons (Fsp3) is 0.188. The molecule has 0 fully saturated rings. The first-order valence-corrected chi connectivity index (χ1v) is 7.11. The molecular weight excluding hydrogens is 310 g/mol. The number of benzene rings is 1. The standard InChI is InChI=1S/C16H19N5O3/c1-23-13-6-5-11(8-14(13)24-2)21-16(17)19-10-15(22)20-12-4-3-7-18-9-12/h3-9H,10H2,1-2H3,(H,20,22)(H3,17,19,21). The van der Waals surface area contributed by atoms with E-state index in [9.17, 15) is 4.79 Å². The topological polar surface area (TPSA) is 111 Å². The molecule has 0 unspecified atom stereocenters. The van der Waals surface area contributed by atoms with Crippen LogP contribution in [0.1, 0.15) is 0 Å². The number of pyridine rings is 1. The van der Waals surface area contributed by atoms with Crippen molar-refractivity contribution in [2.24, 2.45) is 10.7 Å². The number of rotatable bonds is 6. The van der Waals surface area contributed by atoms with E-state index >= 15 is 0 Å². The number of aromatic nitrogens is 1. The van der Waals surface area contributed by atoms with Crippen LogP contribution in [0.15, 0.2) is 47.7 Å². The monoisotopic (exact) mass is 329 g/mol.